The predicted molar refractivity (Wildman–Crippen MR) is 124 cm³/mol. The first-order valence-corrected chi connectivity index (χ1v) is 12.3. The molecule has 1 aliphatic rings. The van der Waals surface area contributed by atoms with E-state index < -0.39 is 15.9 Å². The molecule has 0 bridgehead atoms. The van der Waals surface area contributed by atoms with Gasteiger partial charge in [0.1, 0.15) is 5.75 Å². The SMILES string of the molecule is COc1ccc(S(=O)(=O)n2cc(C(C)(F)F)c3cc(Br)ccc32)cc1N1CCN(C)CC1. The summed E-state index contributed by atoms with van der Waals surface area (Å²) in [5.41, 5.74) is 0.522. The van der Waals surface area contributed by atoms with Crippen LogP contribution < -0.4 is 9.64 Å². The number of alkyl halides is 2. The van der Waals surface area contributed by atoms with E-state index in [1.54, 1.807) is 18.2 Å². The van der Waals surface area contributed by atoms with Crippen molar-refractivity contribution in [2.45, 2.75) is 17.7 Å². The highest BCUT2D eigenvalue weighted by molar-refractivity contribution is 9.10. The van der Waals surface area contributed by atoms with Crippen LogP contribution in [0.3, 0.4) is 0 Å². The highest BCUT2D eigenvalue weighted by Crippen LogP contribution is 2.38. The lowest BCUT2D eigenvalue weighted by Gasteiger charge is -2.34. The number of hydrogen-bond acceptors (Lipinski definition) is 5. The number of nitrogens with zero attached hydrogens (tertiary/aromatic N) is 3. The highest BCUT2D eigenvalue weighted by atomic mass is 79.9. The van der Waals surface area contributed by atoms with Gasteiger partial charge in [-0.05, 0) is 43.4 Å². The summed E-state index contributed by atoms with van der Waals surface area (Å²) >= 11 is 3.29. The summed E-state index contributed by atoms with van der Waals surface area (Å²) < 4.78 is 62.8. The van der Waals surface area contributed by atoms with Gasteiger partial charge in [-0.3, -0.25) is 0 Å². The second kappa shape index (κ2) is 8.31. The van der Waals surface area contributed by atoms with Crippen molar-refractivity contribution < 1.29 is 21.9 Å². The molecule has 10 heteroatoms. The average molecular weight is 528 g/mol. The summed E-state index contributed by atoms with van der Waals surface area (Å²) in [7, 11) is -0.568. The molecular formula is C22H24BrF2N3O3S. The zero-order valence-corrected chi connectivity index (χ0v) is 20.4. The Hall–Kier alpha value is -2.17. The predicted octanol–water partition coefficient (Wildman–Crippen LogP) is 4.51. The molecular weight excluding hydrogens is 504 g/mol. The summed E-state index contributed by atoms with van der Waals surface area (Å²) in [5.74, 6) is -2.64. The minimum atomic E-state index is -4.14. The lowest BCUT2D eigenvalue weighted by molar-refractivity contribution is 0.0190. The third-order valence-corrected chi connectivity index (χ3v) is 7.92. The number of likely N-dealkylation sites (N-methyl/N-ethyl adjacent to an activating group) is 1. The van der Waals surface area contributed by atoms with E-state index >= 15 is 0 Å². The van der Waals surface area contributed by atoms with Crippen LogP contribution in [0.15, 0.2) is 52.0 Å². The van der Waals surface area contributed by atoms with E-state index in [9.17, 15) is 17.2 Å². The van der Waals surface area contributed by atoms with E-state index in [4.69, 9.17) is 4.74 Å². The Balaban J connectivity index is 1.86. The standard InChI is InChI=1S/C22H24BrF2N3O3S/c1-22(24,25)18-14-28(19-6-4-15(23)12-17(18)19)32(29,30)16-5-7-21(31-3)20(13-16)27-10-8-26(2)9-11-27/h4-7,12-14H,8-11H2,1-3H3. The molecule has 172 valence electrons. The van der Waals surface area contributed by atoms with Crippen molar-refractivity contribution in [3.8, 4) is 5.75 Å². The molecule has 0 saturated carbocycles. The molecule has 0 unspecified atom stereocenters. The Kier molecular flexibility index (Phi) is 5.98. The van der Waals surface area contributed by atoms with Gasteiger partial charge in [-0.15, -0.1) is 0 Å². The number of hydrogen-bond donors (Lipinski definition) is 0. The molecule has 0 atom stereocenters. The van der Waals surface area contributed by atoms with E-state index in [1.165, 1.54) is 25.3 Å². The van der Waals surface area contributed by atoms with Gasteiger partial charge in [-0.2, -0.15) is 0 Å². The van der Waals surface area contributed by atoms with Gasteiger partial charge in [-0.25, -0.2) is 21.2 Å². The fraction of sp³-hybridized carbons (Fsp3) is 0.364. The minimum absolute atomic E-state index is 0.0121. The molecule has 2 heterocycles. The molecule has 32 heavy (non-hydrogen) atoms. The number of fused-ring (bicyclic) bond motifs is 1. The molecule has 0 N–H and O–H groups in total. The Labute approximate surface area is 194 Å². The second-order valence-corrected chi connectivity index (χ2v) is 10.7. The molecule has 1 saturated heterocycles. The number of piperazine rings is 1. The molecule has 2 aromatic carbocycles. The van der Waals surface area contributed by atoms with E-state index in [0.29, 0.717) is 15.9 Å². The van der Waals surface area contributed by atoms with Gasteiger partial charge in [0.05, 0.1) is 23.2 Å². The summed E-state index contributed by atoms with van der Waals surface area (Å²) in [4.78, 5) is 4.28. The first-order chi connectivity index (χ1) is 15.0. The molecule has 0 spiro atoms. The first kappa shape index (κ1) is 23.0. The van der Waals surface area contributed by atoms with E-state index in [0.717, 1.165) is 43.3 Å². The monoisotopic (exact) mass is 527 g/mol. The maximum atomic E-state index is 14.3. The first-order valence-electron chi connectivity index (χ1n) is 10.1. The molecule has 1 aliphatic heterocycles. The lowest BCUT2D eigenvalue weighted by Crippen LogP contribution is -2.44. The van der Waals surface area contributed by atoms with Crippen LogP contribution in [-0.4, -0.2) is 57.6 Å². The summed E-state index contributed by atoms with van der Waals surface area (Å²) in [6.07, 6.45) is 1.02. The van der Waals surface area contributed by atoms with Crippen LogP contribution in [0.2, 0.25) is 0 Å². The van der Waals surface area contributed by atoms with Crippen LogP contribution >= 0.6 is 15.9 Å². The van der Waals surface area contributed by atoms with Crippen molar-refractivity contribution in [2.75, 3.05) is 45.2 Å². The third kappa shape index (κ3) is 4.11. The number of methoxy groups -OCH3 is 1. The summed E-state index contributed by atoms with van der Waals surface area (Å²) in [6, 6.07) is 9.29. The van der Waals surface area contributed by atoms with Crippen molar-refractivity contribution in [2.24, 2.45) is 0 Å². The Morgan fingerprint density at radius 3 is 2.38 bits per heavy atom. The zero-order valence-electron chi connectivity index (χ0n) is 18.0. The normalized spacial score (nSPS) is 16.0. The third-order valence-electron chi connectivity index (χ3n) is 5.76. The van der Waals surface area contributed by atoms with Crippen LogP contribution in [0.25, 0.3) is 10.9 Å². The van der Waals surface area contributed by atoms with Crippen LogP contribution in [0.5, 0.6) is 5.75 Å². The molecule has 6 nitrogen and oxygen atoms in total. The Bertz CT molecular complexity index is 1260. The average Bonchev–Trinajstić information content (AvgIpc) is 3.13. The van der Waals surface area contributed by atoms with Gasteiger partial charge in [0.15, 0.2) is 0 Å². The van der Waals surface area contributed by atoms with Gasteiger partial charge in [0.2, 0.25) is 0 Å². The van der Waals surface area contributed by atoms with Crippen molar-refractivity contribution in [3.63, 3.8) is 0 Å². The molecule has 0 aliphatic carbocycles. The number of ether oxygens (including phenoxy) is 1. The topological polar surface area (TPSA) is 54.8 Å². The minimum Gasteiger partial charge on any atom is -0.495 e. The van der Waals surface area contributed by atoms with Gasteiger partial charge < -0.3 is 14.5 Å². The molecule has 1 fully saturated rings. The van der Waals surface area contributed by atoms with Crippen LogP contribution in [-0.2, 0) is 15.9 Å². The Morgan fingerprint density at radius 2 is 1.75 bits per heavy atom. The molecule has 0 radical (unpaired) electrons. The molecule has 4 rings (SSSR count). The molecule has 1 aromatic heterocycles. The van der Waals surface area contributed by atoms with Gasteiger partial charge in [0.25, 0.3) is 15.9 Å². The fourth-order valence-electron chi connectivity index (χ4n) is 3.96. The van der Waals surface area contributed by atoms with Crippen LogP contribution in [0.1, 0.15) is 12.5 Å². The van der Waals surface area contributed by atoms with Gasteiger partial charge in [-0.1, -0.05) is 15.9 Å². The van der Waals surface area contributed by atoms with Gasteiger partial charge in [0, 0.05) is 54.7 Å². The van der Waals surface area contributed by atoms with Crippen LogP contribution in [0, 0.1) is 0 Å². The van der Waals surface area contributed by atoms with E-state index in [1.807, 2.05) is 7.05 Å². The lowest BCUT2D eigenvalue weighted by atomic mass is 10.1. The number of benzene rings is 2. The van der Waals surface area contributed by atoms with Crippen molar-refractivity contribution in [3.05, 3.63) is 52.6 Å². The zero-order chi connectivity index (χ0) is 23.3. The summed E-state index contributed by atoms with van der Waals surface area (Å²) in [6.45, 7) is 3.89. The number of rotatable bonds is 5. The maximum absolute atomic E-state index is 14.3. The van der Waals surface area contributed by atoms with Crippen molar-refractivity contribution in [1.82, 2.24) is 8.87 Å². The molecule has 0 amide bonds. The van der Waals surface area contributed by atoms with E-state index in [2.05, 4.69) is 25.7 Å². The summed E-state index contributed by atoms with van der Waals surface area (Å²) in [5, 5.41) is 0.184. The number of anilines is 1. The second-order valence-electron chi connectivity index (χ2n) is 8.02. The van der Waals surface area contributed by atoms with Crippen molar-refractivity contribution >= 4 is 42.5 Å². The van der Waals surface area contributed by atoms with Crippen LogP contribution in [0.4, 0.5) is 14.5 Å². The highest BCUT2D eigenvalue weighted by Gasteiger charge is 2.32. The van der Waals surface area contributed by atoms with Crippen molar-refractivity contribution in [1.29, 1.82) is 0 Å². The number of aromatic nitrogens is 1. The fourth-order valence-corrected chi connectivity index (χ4v) is 5.71. The maximum Gasteiger partial charge on any atom is 0.272 e. The van der Waals surface area contributed by atoms with E-state index in [-0.39, 0.29) is 21.4 Å². The smallest absolute Gasteiger partial charge is 0.272 e. The largest absolute Gasteiger partial charge is 0.495 e. The Morgan fingerprint density at radius 1 is 1.06 bits per heavy atom. The molecule has 3 aromatic rings. The quantitative estimate of drug-likeness (QED) is 0.488. The van der Waals surface area contributed by atoms with Gasteiger partial charge >= 0.3 is 0 Å². The number of halogens is 3.